The van der Waals surface area contributed by atoms with Gasteiger partial charge < -0.3 is 11.1 Å². The van der Waals surface area contributed by atoms with Crippen LogP contribution in [0.4, 0.5) is 0 Å². The molecule has 0 saturated carbocycles. The molecular weight excluding hydrogens is 216 g/mol. The van der Waals surface area contributed by atoms with Crippen LogP contribution in [0, 0.1) is 0 Å². The fraction of sp³-hybridized carbons (Fsp3) is 0.385. The molecule has 0 radical (unpaired) electrons. The lowest BCUT2D eigenvalue weighted by atomic mass is 10.2. The second-order valence-corrected chi connectivity index (χ2v) is 3.44. The second kappa shape index (κ2) is 9.39. The number of benzene rings is 1. The van der Waals surface area contributed by atoms with Crippen LogP contribution >= 0.6 is 0 Å². The average Bonchev–Trinajstić information content (AvgIpc) is 2.37. The molecule has 0 unspecified atom stereocenters. The van der Waals surface area contributed by atoms with Crippen LogP contribution in [0.1, 0.15) is 32.3 Å². The highest BCUT2D eigenvalue weighted by molar-refractivity contribution is 5.75. The quantitative estimate of drug-likeness (QED) is 0.833. The number of amides is 2. The highest BCUT2D eigenvalue weighted by Crippen LogP contribution is 1.96. The fourth-order valence-electron chi connectivity index (χ4n) is 0.922. The van der Waals surface area contributed by atoms with Crippen LogP contribution in [0.3, 0.4) is 0 Å². The highest BCUT2D eigenvalue weighted by Gasteiger charge is 1.95. The van der Waals surface area contributed by atoms with Crippen molar-refractivity contribution in [3.8, 4) is 0 Å². The molecule has 1 aromatic rings. The number of rotatable bonds is 4. The van der Waals surface area contributed by atoms with Crippen LogP contribution in [0.15, 0.2) is 30.3 Å². The Kier molecular flexibility index (Phi) is 8.37. The van der Waals surface area contributed by atoms with Crippen molar-refractivity contribution >= 4 is 11.8 Å². The number of carbonyl (C=O) groups is 2. The molecule has 4 heteroatoms. The van der Waals surface area contributed by atoms with Gasteiger partial charge in [0.25, 0.3) is 0 Å². The summed E-state index contributed by atoms with van der Waals surface area (Å²) in [6, 6.07) is 9.89. The minimum Gasteiger partial charge on any atom is -0.370 e. The second-order valence-electron chi connectivity index (χ2n) is 3.44. The Morgan fingerprint density at radius 2 is 1.65 bits per heavy atom. The lowest BCUT2D eigenvalue weighted by molar-refractivity contribution is -0.121. The zero-order chi connectivity index (χ0) is 13.1. The van der Waals surface area contributed by atoms with Crippen LogP contribution in [0.5, 0.6) is 0 Å². The van der Waals surface area contributed by atoms with E-state index in [1.807, 2.05) is 37.3 Å². The Hall–Kier alpha value is -1.84. The zero-order valence-corrected chi connectivity index (χ0v) is 10.4. The van der Waals surface area contributed by atoms with Crippen molar-refractivity contribution in [2.75, 3.05) is 0 Å². The van der Waals surface area contributed by atoms with Crippen LogP contribution in [-0.4, -0.2) is 11.8 Å². The summed E-state index contributed by atoms with van der Waals surface area (Å²) in [5, 5.41) is 2.81. The van der Waals surface area contributed by atoms with Crippen LogP contribution in [0.25, 0.3) is 0 Å². The molecule has 0 aliphatic carbocycles. The number of nitrogens with two attached hydrogens (primary N) is 1. The van der Waals surface area contributed by atoms with Gasteiger partial charge in [-0.3, -0.25) is 9.59 Å². The van der Waals surface area contributed by atoms with Gasteiger partial charge in [-0.05, 0) is 5.56 Å². The van der Waals surface area contributed by atoms with Gasteiger partial charge in [-0.15, -0.1) is 0 Å². The Morgan fingerprint density at radius 1 is 1.12 bits per heavy atom. The van der Waals surface area contributed by atoms with Crippen LogP contribution in [0.2, 0.25) is 0 Å². The third kappa shape index (κ3) is 9.11. The molecule has 0 saturated heterocycles. The van der Waals surface area contributed by atoms with Gasteiger partial charge in [-0.25, -0.2) is 0 Å². The van der Waals surface area contributed by atoms with E-state index in [2.05, 4.69) is 11.1 Å². The van der Waals surface area contributed by atoms with Crippen molar-refractivity contribution in [3.05, 3.63) is 35.9 Å². The molecule has 2 amide bonds. The average molecular weight is 236 g/mol. The van der Waals surface area contributed by atoms with Gasteiger partial charge in [0.05, 0.1) is 0 Å². The van der Waals surface area contributed by atoms with Crippen LogP contribution < -0.4 is 11.1 Å². The number of nitrogens with one attached hydrogen (secondary N) is 1. The maximum atomic E-state index is 10.9. The summed E-state index contributed by atoms with van der Waals surface area (Å²) in [7, 11) is 0. The first-order valence-electron chi connectivity index (χ1n) is 5.69. The molecule has 94 valence electrons. The van der Waals surface area contributed by atoms with Gasteiger partial charge in [0.1, 0.15) is 0 Å². The van der Waals surface area contributed by atoms with Crippen LogP contribution in [-0.2, 0) is 16.1 Å². The molecule has 1 rings (SSSR count). The molecule has 0 heterocycles. The van der Waals surface area contributed by atoms with E-state index in [4.69, 9.17) is 0 Å². The Balaban J connectivity index is 0.000000437. The summed E-state index contributed by atoms with van der Waals surface area (Å²) in [6.07, 6.45) is 0.993. The summed E-state index contributed by atoms with van der Waals surface area (Å²) in [5.74, 6) is -0.149. The number of hydrogen-bond donors (Lipinski definition) is 2. The Bertz CT molecular complexity index is 337. The van der Waals surface area contributed by atoms with E-state index in [0.29, 0.717) is 19.4 Å². The van der Waals surface area contributed by atoms with E-state index in [1.165, 1.54) is 0 Å². The first-order valence-corrected chi connectivity index (χ1v) is 5.69. The van der Waals surface area contributed by atoms with Crippen molar-refractivity contribution in [1.82, 2.24) is 5.32 Å². The minimum atomic E-state index is -0.245. The lowest BCUT2D eigenvalue weighted by Crippen LogP contribution is -2.21. The maximum Gasteiger partial charge on any atom is 0.219 e. The third-order valence-corrected chi connectivity index (χ3v) is 2.00. The largest absolute Gasteiger partial charge is 0.370 e. The molecule has 0 aliphatic heterocycles. The molecule has 0 bridgehead atoms. The molecule has 0 atom stereocenters. The molecule has 0 aliphatic rings. The van der Waals surface area contributed by atoms with Crippen molar-refractivity contribution < 1.29 is 9.59 Å². The van der Waals surface area contributed by atoms with E-state index in [9.17, 15) is 9.59 Å². The number of carbonyl (C=O) groups excluding carboxylic acids is 2. The number of primary amides is 1. The fourth-order valence-corrected chi connectivity index (χ4v) is 0.922. The van der Waals surface area contributed by atoms with Gasteiger partial charge in [-0.2, -0.15) is 0 Å². The summed E-state index contributed by atoms with van der Waals surface area (Å²) in [6.45, 7) is 4.20. The van der Waals surface area contributed by atoms with Gasteiger partial charge in [-0.1, -0.05) is 44.2 Å². The SMILES string of the molecule is CCC(=O)NCc1ccccc1.CCC(N)=O. The monoisotopic (exact) mass is 236 g/mol. The molecule has 17 heavy (non-hydrogen) atoms. The highest BCUT2D eigenvalue weighted by atomic mass is 16.1. The van der Waals surface area contributed by atoms with E-state index in [1.54, 1.807) is 6.92 Å². The zero-order valence-electron chi connectivity index (χ0n) is 10.4. The van der Waals surface area contributed by atoms with Gasteiger partial charge in [0.2, 0.25) is 11.8 Å². The molecule has 1 aromatic carbocycles. The summed E-state index contributed by atoms with van der Waals surface area (Å²) in [4.78, 5) is 20.5. The van der Waals surface area contributed by atoms with E-state index in [0.717, 1.165) is 5.56 Å². The van der Waals surface area contributed by atoms with Gasteiger partial charge >= 0.3 is 0 Å². The minimum absolute atomic E-state index is 0.0962. The van der Waals surface area contributed by atoms with Crippen molar-refractivity contribution in [3.63, 3.8) is 0 Å². The molecule has 0 aromatic heterocycles. The van der Waals surface area contributed by atoms with E-state index >= 15 is 0 Å². The van der Waals surface area contributed by atoms with Crippen molar-refractivity contribution in [2.24, 2.45) is 5.73 Å². The first-order chi connectivity index (χ1) is 8.10. The lowest BCUT2D eigenvalue weighted by Gasteiger charge is -2.02. The number of hydrogen-bond acceptors (Lipinski definition) is 2. The van der Waals surface area contributed by atoms with Gasteiger partial charge in [0.15, 0.2) is 0 Å². The summed E-state index contributed by atoms with van der Waals surface area (Å²) < 4.78 is 0. The predicted molar refractivity (Wildman–Crippen MR) is 68.1 cm³/mol. The topological polar surface area (TPSA) is 72.2 Å². The molecule has 0 fully saturated rings. The Morgan fingerprint density at radius 3 is 2.06 bits per heavy atom. The van der Waals surface area contributed by atoms with Gasteiger partial charge in [0, 0.05) is 19.4 Å². The molecule has 4 nitrogen and oxygen atoms in total. The van der Waals surface area contributed by atoms with E-state index in [-0.39, 0.29) is 11.8 Å². The smallest absolute Gasteiger partial charge is 0.219 e. The predicted octanol–water partition coefficient (Wildman–Crippen LogP) is 1.59. The summed E-state index contributed by atoms with van der Waals surface area (Å²) >= 11 is 0. The normalized spacial score (nSPS) is 8.82. The molecular formula is C13H20N2O2. The molecule has 0 spiro atoms. The van der Waals surface area contributed by atoms with E-state index < -0.39 is 0 Å². The summed E-state index contributed by atoms with van der Waals surface area (Å²) in [5.41, 5.74) is 5.79. The standard InChI is InChI=1S/C10H13NO.C3H7NO/c1-2-10(12)11-8-9-6-4-3-5-7-9;1-2-3(4)5/h3-7H,2,8H2,1H3,(H,11,12);2H2,1H3,(H2,4,5). The third-order valence-electron chi connectivity index (χ3n) is 2.00. The van der Waals surface area contributed by atoms with Crippen molar-refractivity contribution in [1.29, 1.82) is 0 Å². The first kappa shape index (κ1) is 15.2. The maximum absolute atomic E-state index is 10.9. The van der Waals surface area contributed by atoms with Crippen molar-refractivity contribution in [2.45, 2.75) is 33.2 Å². The molecule has 3 N–H and O–H groups in total. The Labute approximate surface area is 102 Å².